The molecule has 2 N–H and O–H groups in total. The third kappa shape index (κ3) is 9.23. The van der Waals surface area contributed by atoms with Gasteiger partial charge in [0.2, 0.25) is 0 Å². The molecule has 0 aliphatic rings. The molecule has 0 unspecified atom stereocenters. The molecule has 5 heteroatoms. The molecule has 0 aromatic heterocycles. The summed E-state index contributed by atoms with van der Waals surface area (Å²) in [4.78, 5) is 0. The maximum absolute atomic E-state index is 5.32. The average Bonchev–Trinajstić information content (AvgIpc) is 2.05. The molecule has 2 nitrogen and oxygen atoms in total. The van der Waals surface area contributed by atoms with Crippen molar-refractivity contribution in [3.63, 3.8) is 0 Å². The van der Waals surface area contributed by atoms with Gasteiger partial charge in [-0.3, -0.25) is 10.2 Å². The van der Waals surface area contributed by atoms with Gasteiger partial charge in [-0.15, -0.1) is 12.2 Å². The number of hydrogen-bond donors (Lipinski definition) is 3. The molecule has 13 heavy (non-hydrogen) atoms. The first-order chi connectivity index (χ1) is 6.12. The van der Waals surface area contributed by atoms with Gasteiger partial charge in [-0.25, -0.2) is 0 Å². The summed E-state index contributed by atoms with van der Waals surface area (Å²) in [6.45, 7) is 6.31. The van der Waals surface area contributed by atoms with Crippen molar-refractivity contribution in [1.82, 2.24) is 10.2 Å². The molecule has 0 aromatic rings. The highest BCUT2D eigenvalue weighted by molar-refractivity contribution is 8.62. The van der Waals surface area contributed by atoms with E-state index >= 15 is 0 Å². The molecule has 0 aliphatic carbocycles. The molecular formula is C8H21N2PS2. The summed E-state index contributed by atoms with van der Waals surface area (Å²) in [5.41, 5.74) is -1.72. The third-order valence-corrected chi connectivity index (χ3v) is 4.64. The van der Waals surface area contributed by atoms with Crippen molar-refractivity contribution < 1.29 is 0 Å². The second-order valence-electron chi connectivity index (χ2n) is 3.10. The molecule has 0 radical (unpaired) electrons. The normalized spacial score (nSPS) is 11.9. The minimum atomic E-state index is -1.72. The van der Waals surface area contributed by atoms with Crippen LogP contribution in [-0.2, 0) is 11.8 Å². The van der Waals surface area contributed by atoms with Crippen LogP contribution in [0.5, 0.6) is 0 Å². The standard InChI is InChI=1S/C8H21N2PS2/c1-3-5-7-9-11(12,13)10-8-6-4-2/h3-8H2,1-2H3,(H3,9,10,12,13). The van der Waals surface area contributed by atoms with Crippen LogP contribution in [0.4, 0.5) is 0 Å². The summed E-state index contributed by atoms with van der Waals surface area (Å²) in [7, 11) is 0. The molecular weight excluding hydrogens is 219 g/mol. The first kappa shape index (κ1) is 13.9. The fourth-order valence-electron chi connectivity index (χ4n) is 0.871. The number of thiol groups is 1. The number of rotatable bonds is 8. The molecule has 0 aliphatic heterocycles. The highest BCUT2D eigenvalue weighted by Crippen LogP contribution is 2.41. The maximum Gasteiger partial charge on any atom is 0.124 e. The second-order valence-corrected chi connectivity index (χ2v) is 9.14. The van der Waals surface area contributed by atoms with Gasteiger partial charge in [-0.1, -0.05) is 38.5 Å². The van der Waals surface area contributed by atoms with Crippen LogP contribution in [0.25, 0.3) is 0 Å². The Bertz CT molecular complexity index is 150. The summed E-state index contributed by atoms with van der Waals surface area (Å²) < 4.78 is 0. The summed E-state index contributed by atoms with van der Waals surface area (Å²) >= 11 is 9.76. The molecule has 0 atom stereocenters. The lowest BCUT2D eigenvalue weighted by atomic mass is 10.3. The molecule has 0 fully saturated rings. The first-order valence-electron chi connectivity index (χ1n) is 4.95. The lowest BCUT2D eigenvalue weighted by molar-refractivity contribution is 0.746. The van der Waals surface area contributed by atoms with Gasteiger partial charge in [0, 0.05) is 13.1 Å². The molecule has 0 heterocycles. The molecule has 80 valence electrons. The number of nitrogens with one attached hydrogen (secondary N) is 2. The Morgan fingerprint density at radius 1 is 1.08 bits per heavy atom. The second kappa shape index (κ2) is 8.25. The predicted molar refractivity (Wildman–Crippen MR) is 69.1 cm³/mol. The van der Waals surface area contributed by atoms with Crippen LogP contribution in [0.2, 0.25) is 0 Å². The van der Waals surface area contributed by atoms with E-state index in [1.54, 1.807) is 0 Å². The summed E-state index contributed by atoms with van der Waals surface area (Å²) in [6.07, 6.45) is 4.75. The monoisotopic (exact) mass is 240 g/mol. The van der Waals surface area contributed by atoms with E-state index in [4.69, 9.17) is 11.8 Å². The Kier molecular flexibility index (Phi) is 8.83. The quantitative estimate of drug-likeness (QED) is 0.345. The number of unbranched alkanes of at least 4 members (excludes halogenated alkanes) is 2. The van der Waals surface area contributed by atoms with Crippen LogP contribution >= 0.6 is 17.8 Å². The first-order valence-corrected chi connectivity index (χ1v) is 8.91. The summed E-state index contributed by atoms with van der Waals surface area (Å²) in [6, 6.07) is 0. The zero-order valence-electron chi connectivity index (χ0n) is 8.55. The van der Waals surface area contributed by atoms with Crippen molar-refractivity contribution in [2.45, 2.75) is 39.5 Å². The van der Waals surface area contributed by atoms with E-state index in [1.165, 1.54) is 25.7 Å². The SMILES string of the molecule is CCCCNP(=S)(S)NCCCC. The summed E-state index contributed by atoms with van der Waals surface area (Å²) in [5.74, 6) is 0. The van der Waals surface area contributed by atoms with E-state index in [0.717, 1.165) is 13.1 Å². The third-order valence-electron chi connectivity index (χ3n) is 1.71. The minimum absolute atomic E-state index is 0.983. The van der Waals surface area contributed by atoms with Crippen molar-refractivity contribution >= 4 is 29.6 Å². The largest absolute Gasteiger partial charge is 0.270 e. The molecule has 0 amide bonds. The fraction of sp³-hybridized carbons (Fsp3) is 1.00. The Hall–Kier alpha value is 0.920. The van der Waals surface area contributed by atoms with E-state index in [1.807, 2.05) is 0 Å². The van der Waals surface area contributed by atoms with Gasteiger partial charge in [0.25, 0.3) is 0 Å². The van der Waals surface area contributed by atoms with Crippen LogP contribution in [0.15, 0.2) is 0 Å². The Labute approximate surface area is 92.5 Å². The van der Waals surface area contributed by atoms with E-state index in [-0.39, 0.29) is 0 Å². The van der Waals surface area contributed by atoms with E-state index in [2.05, 4.69) is 36.3 Å². The molecule has 0 saturated carbocycles. The van der Waals surface area contributed by atoms with Crippen LogP contribution in [0.3, 0.4) is 0 Å². The van der Waals surface area contributed by atoms with Gasteiger partial charge in [0.15, 0.2) is 0 Å². The van der Waals surface area contributed by atoms with Gasteiger partial charge in [-0.2, -0.15) is 0 Å². The van der Waals surface area contributed by atoms with Crippen LogP contribution in [0, 0.1) is 0 Å². The van der Waals surface area contributed by atoms with Gasteiger partial charge in [0.1, 0.15) is 5.54 Å². The van der Waals surface area contributed by atoms with Crippen molar-refractivity contribution in [3.05, 3.63) is 0 Å². The van der Waals surface area contributed by atoms with Crippen LogP contribution < -0.4 is 10.2 Å². The van der Waals surface area contributed by atoms with E-state index < -0.39 is 5.54 Å². The van der Waals surface area contributed by atoms with Gasteiger partial charge >= 0.3 is 0 Å². The maximum atomic E-state index is 5.32. The van der Waals surface area contributed by atoms with Crippen LogP contribution in [0.1, 0.15) is 39.5 Å². The highest BCUT2D eigenvalue weighted by atomic mass is 32.9. The van der Waals surface area contributed by atoms with E-state index in [0.29, 0.717) is 0 Å². The zero-order chi connectivity index (χ0) is 10.2. The van der Waals surface area contributed by atoms with Gasteiger partial charge in [-0.05, 0) is 12.8 Å². The average molecular weight is 240 g/mol. The molecule has 0 rings (SSSR count). The smallest absolute Gasteiger partial charge is 0.124 e. The molecule has 0 aromatic carbocycles. The van der Waals surface area contributed by atoms with Crippen molar-refractivity contribution in [2.75, 3.05) is 13.1 Å². The minimum Gasteiger partial charge on any atom is -0.270 e. The topological polar surface area (TPSA) is 24.1 Å². The van der Waals surface area contributed by atoms with Crippen molar-refractivity contribution in [3.8, 4) is 0 Å². The fourth-order valence-corrected chi connectivity index (χ4v) is 3.05. The van der Waals surface area contributed by atoms with Crippen molar-refractivity contribution in [1.29, 1.82) is 0 Å². The highest BCUT2D eigenvalue weighted by Gasteiger charge is 2.07. The Morgan fingerprint density at radius 2 is 1.46 bits per heavy atom. The van der Waals surface area contributed by atoms with E-state index in [9.17, 15) is 0 Å². The lowest BCUT2D eigenvalue weighted by Crippen LogP contribution is -2.20. The molecule has 0 bridgehead atoms. The zero-order valence-corrected chi connectivity index (χ0v) is 11.2. The van der Waals surface area contributed by atoms with Gasteiger partial charge in [0.05, 0.1) is 0 Å². The number of hydrogen-bond acceptors (Lipinski definition) is 1. The van der Waals surface area contributed by atoms with Crippen molar-refractivity contribution in [2.24, 2.45) is 0 Å². The molecule has 0 spiro atoms. The van der Waals surface area contributed by atoms with Gasteiger partial charge < -0.3 is 0 Å². The predicted octanol–water partition coefficient (Wildman–Crippen LogP) is 2.92. The molecule has 0 saturated heterocycles. The summed E-state index contributed by atoms with van der Waals surface area (Å²) in [5, 5.41) is 6.60. The Balaban J connectivity index is 3.49. The lowest BCUT2D eigenvalue weighted by Gasteiger charge is -2.18. The van der Waals surface area contributed by atoms with Crippen LogP contribution in [-0.4, -0.2) is 13.1 Å². The Morgan fingerprint density at radius 3 is 1.77 bits per heavy atom.